The minimum absolute atomic E-state index is 0.0724. The number of allylic oxidation sites excluding steroid dienone is 6. The molecule has 68 heavy (non-hydrogen) atoms. The smallest absolute Gasteiger partial charge is 0.306 e. The van der Waals surface area contributed by atoms with Crippen LogP contribution in [0.25, 0.3) is 0 Å². The predicted octanol–water partition coefficient (Wildman–Crippen LogP) is 20.0. The first-order chi connectivity index (χ1) is 33.5. The van der Waals surface area contributed by atoms with Crippen molar-refractivity contribution < 1.29 is 28.6 Å². The third-order valence-electron chi connectivity index (χ3n) is 13.4. The van der Waals surface area contributed by atoms with E-state index in [-0.39, 0.29) is 31.1 Å². The Morgan fingerprint density at radius 1 is 0.309 bits per heavy atom. The van der Waals surface area contributed by atoms with Crippen LogP contribution in [0.4, 0.5) is 0 Å². The highest BCUT2D eigenvalue weighted by atomic mass is 16.6. The number of ether oxygens (including phenoxy) is 3. The fraction of sp³-hybridized carbons (Fsp3) is 0.855. The summed E-state index contributed by atoms with van der Waals surface area (Å²) in [7, 11) is 0. The Hall–Kier alpha value is -2.37. The number of rotatable bonds is 55. The van der Waals surface area contributed by atoms with Gasteiger partial charge in [0.15, 0.2) is 6.10 Å². The molecule has 6 nitrogen and oxygen atoms in total. The Balaban J connectivity index is 4.32. The first kappa shape index (κ1) is 65.6. The van der Waals surface area contributed by atoms with E-state index < -0.39 is 6.10 Å². The Morgan fingerprint density at radius 3 is 0.897 bits per heavy atom. The van der Waals surface area contributed by atoms with Crippen molar-refractivity contribution in [1.82, 2.24) is 0 Å². The van der Waals surface area contributed by atoms with Gasteiger partial charge in [-0.1, -0.05) is 288 Å². The van der Waals surface area contributed by atoms with E-state index >= 15 is 0 Å². The van der Waals surface area contributed by atoms with Crippen LogP contribution in [-0.2, 0) is 28.6 Å². The summed E-state index contributed by atoms with van der Waals surface area (Å²) >= 11 is 0. The fourth-order valence-electron chi connectivity index (χ4n) is 8.93. The second kappa shape index (κ2) is 57.2. The Morgan fingerprint density at radius 2 is 0.574 bits per heavy atom. The summed E-state index contributed by atoms with van der Waals surface area (Å²) in [6.07, 6.45) is 68.5. The van der Waals surface area contributed by atoms with Crippen molar-refractivity contribution in [2.45, 2.75) is 329 Å². The van der Waals surface area contributed by atoms with Gasteiger partial charge in [-0.05, 0) is 51.4 Å². The van der Waals surface area contributed by atoms with Crippen molar-refractivity contribution >= 4 is 17.9 Å². The molecule has 0 unspecified atom stereocenters. The van der Waals surface area contributed by atoms with Crippen LogP contribution in [0.1, 0.15) is 323 Å². The first-order valence-electron chi connectivity index (χ1n) is 30.0. The average molecular weight is 956 g/mol. The maximum absolute atomic E-state index is 12.9. The largest absolute Gasteiger partial charge is 0.462 e. The Kier molecular flexibility index (Phi) is 55.2. The monoisotopic (exact) mass is 955 g/mol. The third kappa shape index (κ3) is 54.6. The molecule has 0 aliphatic heterocycles. The van der Waals surface area contributed by atoms with Gasteiger partial charge >= 0.3 is 17.9 Å². The van der Waals surface area contributed by atoms with Crippen molar-refractivity contribution in [3.05, 3.63) is 36.5 Å². The van der Waals surface area contributed by atoms with Gasteiger partial charge in [0.05, 0.1) is 0 Å². The molecule has 0 radical (unpaired) electrons. The topological polar surface area (TPSA) is 78.9 Å². The van der Waals surface area contributed by atoms with Crippen LogP contribution in [0.5, 0.6) is 0 Å². The molecule has 0 aromatic heterocycles. The molecule has 0 N–H and O–H groups in total. The molecular formula is C62H114O6. The zero-order valence-electron chi connectivity index (χ0n) is 45.6. The predicted molar refractivity (Wildman–Crippen MR) is 293 cm³/mol. The number of hydrogen-bond acceptors (Lipinski definition) is 6. The van der Waals surface area contributed by atoms with Gasteiger partial charge in [-0.25, -0.2) is 0 Å². The summed E-state index contributed by atoms with van der Waals surface area (Å²) in [6.45, 7) is 6.57. The molecule has 0 aromatic rings. The number of carbonyl (C=O) groups is 3. The molecule has 0 bridgehead atoms. The molecule has 0 amide bonds. The molecule has 0 aliphatic rings. The number of hydrogen-bond donors (Lipinski definition) is 0. The molecule has 0 aliphatic carbocycles. The van der Waals surface area contributed by atoms with Crippen LogP contribution in [0.2, 0.25) is 0 Å². The van der Waals surface area contributed by atoms with Gasteiger partial charge in [-0.15, -0.1) is 0 Å². The highest BCUT2D eigenvalue weighted by Gasteiger charge is 2.19. The lowest BCUT2D eigenvalue weighted by molar-refractivity contribution is -0.167. The number of unbranched alkanes of at least 4 members (excludes halogenated alkanes) is 38. The molecule has 398 valence electrons. The molecule has 0 saturated heterocycles. The van der Waals surface area contributed by atoms with E-state index in [9.17, 15) is 14.4 Å². The van der Waals surface area contributed by atoms with Gasteiger partial charge in [0, 0.05) is 19.3 Å². The molecule has 0 rings (SSSR count). The van der Waals surface area contributed by atoms with E-state index in [1.807, 2.05) is 0 Å². The molecule has 0 heterocycles. The lowest BCUT2D eigenvalue weighted by Gasteiger charge is -2.18. The highest BCUT2D eigenvalue weighted by molar-refractivity contribution is 5.71. The minimum Gasteiger partial charge on any atom is -0.462 e. The summed E-state index contributed by atoms with van der Waals surface area (Å²) in [4.78, 5) is 38.2. The summed E-state index contributed by atoms with van der Waals surface area (Å²) in [5.74, 6) is -0.868. The summed E-state index contributed by atoms with van der Waals surface area (Å²) in [5.41, 5.74) is 0. The molecule has 0 saturated carbocycles. The maximum Gasteiger partial charge on any atom is 0.306 e. The van der Waals surface area contributed by atoms with Crippen molar-refractivity contribution in [2.24, 2.45) is 0 Å². The van der Waals surface area contributed by atoms with E-state index in [2.05, 4.69) is 57.2 Å². The molecule has 0 aromatic carbocycles. The number of carbonyl (C=O) groups excluding carboxylic acids is 3. The minimum atomic E-state index is -0.775. The number of esters is 3. The Labute approximate surface area is 423 Å². The second-order valence-electron chi connectivity index (χ2n) is 20.2. The van der Waals surface area contributed by atoms with Gasteiger partial charge in [-0.2, -0.15) is 0 Å². The molecule has 6 heteroatoms. The van der Waals surface area contributed by atoms with Gasteiger partial charge in [0.25, 0.3) is 0 Å². The van der Waals surface area contributed by atoms with E-state index in [4.69, 9.17) is 14.2 Å². The summed E-state index contributed by atoms with van der Waals surface area (Å²) in [5, 5.41) is 0. The van der Waals surface area contributed by atoms with Gasteiger partial charge in [0.1, 0.15) is 13.2 Å². The maximum atomic E-state index is 12.9. The van der Waals surface area contributed by atoms with Crippen LogP contribution >= 0.6 is 0 Å². The fourth-order valence-corrected chi connectivity index (χ4v) is 8.93. The lowest BCUT2D eigenvalue weighted by atomic mass is 10.0. The molecule has 0 fully saturated rings. The van der Waals surface area contributed by atoms with Gasteiger partial charge in [0.2, 0.25) is 0 Å². The van der Waals surface area contributed by atoms with Crippen LogP contribution in [-0.4, -0.2) is 37.2 Å². The van der Waals surface area contributed by atoms with Gasteiger partial charge in [-0.3, -0.25) is 14.4 Å². The van der Waals surface area contributed by atoms with E-state index in [0.717, 1.165) is 96.3 Å². The first-order valence-corrected chi connectivity index (χ1v) is 30.0. The van der Waals surface area contributed by atoms with Crippen LogP contribution < -0.4 is 0 Å². The Bertz CT molecular complexity index is 1140. The summed E-state index contributed by atoms with van der Waals surface area (Å²) < 4.78 is 16.9. The van der Waals surface area contributed by atoms with E-state index in [1.165, 1.54) is 186 Å². The zero-order valence-corrected chi connectivity index (χ0v) is 45.6. The molecule has 1 atom stereocenters. The van der Waals surface area contributed by atoms with E-state index in [1.54, 1.807) is 0 Å². The van der Waals surface area contributed by atoms with Crippen LogP contribution in [0.15, 0.2) is 36.5 Å². The van der Waals surface area contributed by atoms with Crippen molar-refractivity contribution in [1.29, 1.82) is 0 Å². The molecular weight excluding hydrogens is 841 g/mol. The average Bonchev–Trinajstić information content (AvgIpc) is 3.34. The second-order valence-corrected chi connectivity index (χ2v) is 20.2. The van der Waals surface area contributed by atoms with E-state index in [0.29, 0.717) is 19.3 Å². The van der Waals surface area contributed by atoms with Crippen molar-refractivity contribution in [3.8, 4) is 0 Å². The normalized spacial score (nSPS) is 12.2. The van der Waals surface area contributed by atoms with Crippen molar-refractivity contribution in [2.75, 3.05) is 13.2 Å². The lowest BCUT2D eigenvalue weighted by Crippen LogP contribution is -2.30. The standard InChI is InChI=1S/C62H114O6/c1-4-7-10-13-16-19-22-25-28-30-31-32-35-37-40-43-46-49-52-55-61(64)67-58-59(57-66-60(63)54-51-48-45-42-39-36-33-27-24-21-18-15-12-9-6-3)68-62(65)56-53-50-47-44-41-38-34-29-26-23-20-17-14-11-8-5-2/h9,12,18,21,27,33,59H,4-8,10-11,13-17,19-20,22-26,28-32,34-58H2,1-3H3/b12-9-,21-18-,33-27-/t59-/m1/s1. The quantitative estimate of drug-likeness (QED) is 0.0262. The zero-order chi connectivity index (χ0) is 49.3. The molecule has 0 spiro atoms. The SMILES string of the molecule is CC/C=C\C/C=C\C/C=C\CCCCCCCC(=O)OC[C@H](COC(=O)CCCCCCCCCCCCCCCCCCCCC)OC(=O)CCCCCCCCCCCCCCCCCC. The summed E-state index contributed by atoms with van der Waals surface area (Å²) in [6, 6.07) is 0. The van der Waals surface area contributed by atoms with Crippen LogP contribution in [0, 0.1) is 0 Å². The highest BCUT2D eigenvalue weighted by Crippen LogP contribution is 2.17. The third-order valence-corrected chi connectivity index (χ3v) is 13.4. The van der Waals surface area contributed by atoms with Crippen molar-refractivity contribution in [3.63, 3.8) is 0 Å². The van der Waals surface area contributed by atoms with Crippen LogP contribution in [0.3, 0.4) is 0 Å². The van der Waals surface area contributed by atoms with Gasteiger partial charge < -0.3 is 14.2 Å².